The van der Waals surface area contributed by atoms with Crippen LogP contribution in [0.25, 0.3) is 11.0 Å². The monoisotopic (exact) mass is 405 g/mol. The molecule has 0 fully saturated rings. The molecular formula is C21H19N5S2. The highest BCUT2D eigenvalue weighted by Gasteiger charge is 2.11. The van der Waals surface area contributed by atoms with Crippen LogP contribution in [0.5, 0.6) is 0 Å². The number of benzene rings is 2. The molecule has 0 aliphatic rings. The summed E-state index contributed by atoms with van der Waals surface area (Å²) in [5, 5.41) is 5.01. The highest BCUT2D eigenvalue weighted by Crippen LogP contribution is 2.36. The van der Waals surface area contributed by atoms with Crippen LogP contribution in [0.3, 0.4) is 0 Å². The van der Waals surface area contributed by atoms with Crippen molar-refractivity contribution >= 4 is 46.1 Å². The normalized spacial score (nSPS) is 10.9. The second-order valence-corrected chi connectivity index (χ2v) is 8.43. The number of hydrogen-bond acceptors (Lipinski definition) is 7. The van der Waals surface area contributed by atoms with E-state index in [1.54, 1.807) is 29.7 Å². The Morgan fingerprint density at radius 1 is 1.00 bits per heavy atom. The van der Waals surface area contributed by atoms with Gasteiger partial charge in [0.05, 0.1) is 11.1 Å². The largest absolute Gasteiger partial charge is 0.339 e. The highest BCUT2D eigenvalue weighted by molar-refractivity contribution is 7.99. The molecule has 0 atom stereocenters. The Morgan fingerprint density at radius 3 is 2.68 bits per heavy atom. The highest BCUT2D eigenvalue weighted by atomic mass is 32.2. The molecule has 0 saturated heterocycles. The molecule has 0 unspecified atom stereocenters. The molecule has 0 saturated carbocycles. The molecule has 4 rings (SSSR count). The summed E-state index contributed by atoms with van der Waals surface area (Å²) in [7, 11) is 0. The van der Waals surface area contributed by atoms with Crippen molar-refractivity contribution in [1.82, 2.24) is 19.9 Å². The van der Waals surface area contributed by atoms with E-state index in [4.69, 9.17) is 0 Å². The van der Waals surface area contributed by atoms with Crippen molar-refractivity contribution in [3.05, 3.63) is 66.6 Å². The van der Waals surface area contributed by atoms with Gasteiger partial charge in [0.1, 0.15) is 12.1 Å². The topological polar surface area (TPSA) is 63.6 Å². The Labute approximate surface area is 172 Å². The minimum absolute atomic E-state index is 0.647. The van der Waals surface area contributed by atoms with Gasteiger partial charge in [-0.2, -0.15) is 0 Å². The number of aromatic nitrogens is 4. The predicted octanol–water partition coefficient (Wildman–Crippen LogP) is 5.74. The minimum atomic E-state index is 0.647. The van der Waals surface area contributed by atoms with Crippen LogP contribution in [0, 0.1) is 6.92 Å². The van der Waals surface area contributed by atoms with Gasteiger partial charge in [-0.3, -0.25) is 0 Å². The molecule has 0 aliphatic heterocycles. The van der Waals surface area contributed by atoms with Crippen LogP contribution in [-0.4, -0.2) is 25.7 Å². The van der Waals surface area contributed by atoms with Crippen LogP contribution in [0.2, 0.25) is 0 Å². The van der Waals surface area contributed by atoms with Crippen molar-refractivity contribution in [1.29, 1.82) is 0 Å². The molecule has 4 aromatic rings. The third-order valence-corrected chi connectivity index (χ3v) is 5.83. The maximum Gasteiger partial charge on any atom is 0.189 e. The molecule has 0 bridgehead atoms. The Kier molecular flexibility index (Phi) is 5.73. The summed E-state index contributed by atoms with van der Waals surface area (Å²) in [5.41, 5.74) is 2.82. The van der Waals surface area contributed by atoms with Crippen molar-refractivity contribution in [2.45, 2.75) is 28.8 Å². The zero-order valence-corrected chi connectivity index (χ0v) is 17.2. The third kappa shape index (κ3) is 4.26. The number of anilines is 2. The average Bonchev–Trinajstić information content (AvgIpc) is 2.71. The maximum atomic E-state index is 4.53. The van der Waals surface area contributed by atoms with E-state index in [1.807, 2.05) is 18.2 Å². The van der Waals surface area contributed by atoms with Gasteiger partial charge in [-0.15, -0.1) is 0 Å². The molecule has 0 amide bonds. The van der Waals surface area contributed by atoms with E-state index in [1.165, 1.54) is 16.8 Å². The van der Waals surface area contributed by atoms with E-state index in [9.17, 15) is 0 Å². The molecule has 0 spiro atoms. The molecule has 2 aromatic heterocycles. The van der Waals surface area contributed by atoms with Crippen molar-refractivity contribution in [3.63, 3.8) is 0 Å². The van der Waals surface area contributed by atoms with Crippen LogP contribution in [0.15, 0.2) is 76.0 Å². The molecule has 1 N–H and O–H groups in total. The van der Waals surface area contributed by atoms with Crippen molar-refractivity contribution < 1.29 is 0 Å². The first-order chi connectivity index (χ1) is 13.7. The molecule has 140 valence electrons. The summed E-state index contributed by atoms with van der Waals surface area (Å²) in [6, 6.07) is 16.7. The summed E-state index contributed by atoms with van der Waals surface area (Å²) < 4.78 is 0. The second-order valence-electron chi connectivity index (χ2n) is 6.08. The van der Waals surface area contributed by atoms with Gasteiger partial charge in [0.2, 0.25) is 0 Å². The number of nitrogens with one attached hydrogen (secondary N) is 1. The third-order valence-electron chi connectivity index (χ3n) is 4.00. The summed E-state index contributed by atoms with van der Waals surface area (Å²) in [5.74, 6) is 1.63. The molecule has 7 heteroatoms. The first-order valence-electron chi connectivity index (χ1n) is 8.94. The summed E-state index contributed by atoms with van der Waals surface area (Å²) >= 11 is 3.32. The van der Waals surface area contributed by atoms with Gasteiger partial charge in [-0.1, -0.05) is 54.7 Å². The van der Waals surface area contributed by atoms with E-state index >= 15 is 0 Å². The van der Waals surface area contributed by atoms with E-state index < -0.39 is 0 Å². The zero-order chi connectivity index (χ0) is 19.3. The average molecular weight is 406 g/mol. The smallest absolute Gasteiger partial charge is 0.189 e. The van der Waals surface area contributed by atoms with E-state index in [0.29, 0.717) is 11.5 Å². The number of aryl methyl sites for hydroxylation is 1. The fraction of sp³-hybridized carbons (Fsp3) is 0.143. The van der Waals surface area contributed by atoms with E-state index in [2.05, 4.69) is 69.4 Å². The maximum absolute atomic E-state index is 4.53. The van der Waals surface area contributed by atoms with Crippen molar-refractivity contribution in [2.24, 2.45) is 0 Å². The number of rotatable bonds is 6. The Balaban J connectivity index is 1.70. The Bertz CT molecular complexity index is 1100. The van der Waals surface area contributed by atoms with Crippen LogP contribution >= 0.6 is 23.5 Å². The first kappa shape index (κ1) is 18.7. The predicted molar refractivity (Wildman–Crippen MR) is 117 cm³/mol. The number of hydrogen-bond donors (Lipinski definition) is 1. The summed E-state index contributed by atoms with van der Waals surface area (Å²) in [4.78, 5) is 20.0. The van der Waals surface area contributed by atoms with Crippen LogP contribution in [0.1, 0.15) is 12.5 Å². The van der Waals surface area contributed by atoms with Gasteiger partial charge in [0.25, 0.3) is 0 Å². The summed E-state index contributed by atoms with van der Waals surface area (Å²) in [6.07, 6.45) is 3.33. The lowest BCUT2D eigenvalue weighted by molar-refractivity contribution is 0.982. The van der Waals surface area contributed by atoms with Crippen LogP contribution < -0.4 is 5.32 Å². The summed E-state index contributed by atoms with van der Waals surface area (Å²) in [6.45, 7) is 4.16. The lowest BCUT2D eigenvalue weighted by Crippen LogP contribution is -2.00. The minimum Gasteiger partial charge on any atom is -0.339 e. The van der Waals surface area contributed by atoms with Gasteiger partial charge in [0, 0.05) is 16.0 Å². The molecule has 5 nitrogen and oxygen atoms in total. The fourth-order valence-corrected chi connectivity index (χ4v) is 4.14. The van der Waals surface area contributed by atoms with Gasteiger partial charge in [0.15, 0.2) is 10.8 Å². The lowest BCUT2D eigenvalue weighted by atomic mass is 10.2. The Hall–Kier alpha value is -2.64. The molecular weight excluding hydrogens is 386 g/mol. The lowest BCUT2D eigenvalue weighted by Gasteiger charge is -2.13. The van der Waals surface area contributed by atoms with Crippen molar-refractivity contribution in [3.8, 4) is 0 Å². The molecule has 2 aromatic carbocycles. The fourth-order valence-electron chi connectivity index (χ4n) is 2.71. The molecule has 0 aliphatic carbocycles. The van der Waals surface area contributed by atoms with Gasteiger partial charge < -0.3 is 5.32 Å². The SMILES string of the molecule is CCSc1ncc2c(Nc3cc(C)ccc3Sc3ccccc3)ncnc2n1. The van der Waals surface area contributed by atoms with Gasteiger partial charge in [-0.25, -0.2) is 19.9 Å². The number of nitrogens with zero attached hydrogens (tertiary/aromatic N) is 4. The van der Waals surface area contributed by atoms with E-state index in [0.717, 1.165) is 26.9 Å². The molecule has 28 heavy (non-hydrogen) atoms. The number of fused-ring (bicyclic) bond motifs is 1. The molecule has 0 radical (unpaired) electrons. The second kappa shape index (κ2) is 8.58. The van der Waals surface area contributed by atoms with Crippen LogP contribution in [0.4, 0.5) is 11.5 Å². The standard InChI is InChI=1S/C21H19N5S2/c1-3-27-21-22-12-16-19(23-13-24-20(16)26-21)25-17-11-14(2)9-10-18(17)28-15-7-5-4-6-8-15/h4-13H,3H2,1-2H3,(H,22,23,24,25,26). The van der Waals surface area contributed by atoms with Gasteiger partial charge >= 0.3 is 0 Å². The van der Waals surface area contributed by atoms with Gasteiger partial charge in [-0.05, 0) is 42.5 Å². The van der Waals surface area contributed by atoms with Crippen LogP contribution in [-0.2, 0) is 0 Å². The number of thioether (sulfide) groups is 1. The van der Waals surface area contributed by atoms with Crippen molar-refractivity contribution in [2.75, 3.05) is 11.1 Å². The Morgan fingerprint density at radius 2 is 1.86 bits per heavy atom. The molecule has 2 heterocycles. The van der Waals surface area contributed by atoms with E-state index in [-0.39, 0.29) is 0 Å². The first-order valence-corrected chi connectivity index (χ1v) is 10.7. The quantitative estimate of drug-likeness (QED) is 0.324. The zero-order valence-electron chi connectivity index (χ0n) is 15.6.